The number of carbonyl (C=O) groups is 1. The summed E-state index contributed by atoms with van der Waals surface area (Å²) in [4.78, 5) is 12.0. The van der Waals surface area contributed by atoms with Gasteiger partial charge in [-0.2, -0.15) is 0 Å². The lowest BCUT2D eigenvalue weighted by atomic mass is 9.78. The molecule has 0 heterocycles. The highest BCUT2D eigenvalue weighted by Crippen LogP contribution is 2.29. The van der Waals surface area contributed by atoms with Crippen molar-refractivity contribution >= 4 is 5.91 Å². The second-order valence-corrected chi connectivity index (χ2v) is 4.70. The van der Waals surface area contributed by atoms with E-state index in [9.17, 15) is 4.79 Å². The van der Waals surface area contributed by atoms with Crippen LogP contribution in [0.3, 0.4) is 0 Å². The number of hydrogen-bond donors (Lipinski definition) is 2. The minimum absolute atomic E-state index is 0.0675. The summed E-state index contributed by atoms with van der Waals surface area (Å²) in [5, 5.41) is 2.98. The van der Waals surface area contributed by atoms with Crippen LogP contribution >= 0.6 is 0 Å². The Kier molecular flexibility index (Phi) is 5.34. The average molecular weight is 222 g/mol. The van der Waals surface area contributed by atoms with Crippen molar-refractivity contribution in [1.82, 2.24) is 5.32 Å². The Morgan fingerprint density at radius 3 is 2.88 bits per heavy atom. The van der Waals surface area contributed by atoms with Crippen molar-refractivity contribution in [2.24, 2.45) is 17.6 Å². The van der Waals surface area contributed by atoms with Gasteiger partial charge in [-0.1, -0.05) is 12.8 Å². The summed E-state index contributed by atoms with van der Waals surface area (Å²) in [5.74, 6) is 3.15. The zero-order valence-corrected chi connectivity index (χ0v) is 10.0. The van der Waals surface area contributed by atoms with Crippen molar-refractivity contribution in [2.75, 3.05) is 6.54 Å². The Morgan fingerprint density at radius 1 is 1.56 bits per heavy atom. The van der Waals surface area contributed by atoms with Gasteiger partial charge in [0, 0.05) is 18.4 Å². The third kappa shape index (κ3) is 3.53. The third-order valence-electron chi connectivity index (χ3n) is 3.36. The van der Waals surface area contributed by atoms with Gasteiger partial charge in [0.1, 0.15) is 0 Å². The monoisotopic (exact) mass is 222 g/mol. The number of carbonyl (C=O) groups excluding carboxylic acids is 1. The van der Waals surface area contributed by atoms with Crippen molar-refractivity contribution in [3.05, 3.63) is 0 Å². The number of terminal acetylenes is 1. The van der Waals surface area contributed by atoms with E-state index in [0.717, 1.165) is 19.3 Å². The maximum atomic E-state index is 12.0. The molecule has 0 aliphatic heterocycles. The summed E-state index contributed by atoms with van der Waals surface area (Å²) in [7, 11) is 0. The van der Waals surface area contributed by atoms with E-state index in [1.807, 2.05) is 6.92 Å². The maximum Gasteiger partial charge on any atom is 0.223 e. The molecule has 0 aromatic heterocycles. The Morgan fingerprint density at radius 2 is 2.25 bits per heavy atom. The van der Waals surface area contributed by atoms with Crippen molar-refractivity contribution in [1.29, 1.82) is 0 Å². The Bertz CT molecular complexity index is 270. The van der Waals surface area contributed by atoms with Crippen LogP contribution < -0.4 is 11.1 Å². The largest absolute Gasteiger partial charge is 0.352 e. The molecule has 0 aromatic rings. The molecule has 3 nitrogen and oxygen atoms in total. The quantitative estimate of drug-likeness (QED) is 0.704. The molecule has 1 aliphatic rings. The van der Waals surface area contributed by atoms with Crippen molar-refractivity contribution in [3.8, 4) is 12.3 Å². The second-order valence-electron chi connectivity index (χ2n) is 4.70. The standard InChI is InChI=1S/C13H22N2O/c1-3-6-10(2)15-13(16)12-8-5-4-7-11(12)9-14/h1,10-12H,4-9,14H2,2H3,(H,15,16). The van der Waals surface area contributed by atoms with Gasteiger partial charge in [-0.3, -0.25) is 4.79 Å². The zero-order chi connectivity index (χ0) is 12.0. The summed E-state index contributed by atoms with van der Waals surface area (Å²) in [6.07, 6.45) is 10.2. The fourth-order valence-corrected chi connectivity index (χ4v) is 2.41. The first-order valence-corrected chi connectivity index (χ1v) is 6.13. The van der Waals surface area contributed by atoms with Crippen LogP contribution in [-0.2, 0) is 4.79 Å². The molecule has 1 amide bonds. The fraction of sp³-hybridized carbons (Fsp3) is 0.769. The molecule has 16 heavy (non-hydrogen) atoms. The molecule has 0 spiro atoms. The molecular weight excluding hydrogens is 200 g/mol. The van der Waals surface area contributed by atoms with E-state index in [0.29, 0.717) is 18.9 Å². The summed E-state index contributed by atoms with van der Waals surface area (Å²) >= 11 is 0. The highest BCUT2D eigenvalue weighted by Gasteiger charge is 2.30. The molecule has 3 atom stereocenters. The molecule has 1 rings (SSSR count). The van der Waals surface area contributed by atoms with Crippen molar-refractivity contribution < 1.29 is 4.79 Å². The lowest BCUT2D eigenvalue weighted by Gasteiger charge is -2.30. The Balaban J connectivity index is 2.48. The molecule has 0 radical (unpaired) electrons. The van der Waals surface area contributed by atoms with E-state index >= 15 is 0 Å². The molecule has 90 valence electrons. The highest BCUT2D eigenvalue weighted by atomic mass is 16.1. The fourth-order valence-electron chi connectivity index (χ4n) is 2.41. The van der Waals surface area contributed by atoms with Crippen molar-refractivity contribution in [3.63, 3.8) is 0 Å². The molecule has 3 N–H and O–H groups in total. The number of nitrogens with two attached hydrogens (primary N) is 1. The topological polar surface area (TPSA) is 55.1 Å². The smallest absolute Gasteiger partial charge is 0.223 e. The van der Waals surface area contributed by atoms with Gasteiger partial charge < -0.3 is 11.1 Å². The molecule has 1 saturated carbocycles. The summed E-state index contributed by atoms with van der Waals surface area (Å²) in [5.41, 5.74) is 5.71. The molecule has 0 aromatic carbocycles. The molecule has 1 fully saturated rings. The summed E-state index contributed by atoms with van der Waals surface area (Å²) < 4.78 is 0. The minimum Gasteiger partial charge on any atom is -0.352 e. The predicted octanol–water partition coefficient (Wildman–Crippen LogP) is 1.28. The lowest BCUT2D eigenvalue weighted by Crippen LogP contribution is -2.42. The van der Waals surface area contributed by atoms with E-state index < -0.39 is 0 Å². The SMILES string of the molecule is C#CCC(C)NC(=O)C1CCCCC1CN. The molecule has 1 aliphatic carbocycles. The molecular formula is C13H22N2O. The van der Waals surface area contributed by atoms with Crippen LogP contribution in [0.1, 0.15) is 39.0 Å². The van der Waals surface area contributed by atoms with E-state index in [4.69, 9.17) is 12.2 Å². The van der Waals surface area contributed by atoms with Gasteiger partial charge in [0.25, 0.3) is 0 Å². The second kappa shape index (κ2) is 6.55. The van der Waals surface area contributed by atoms with Crippen LogP contribution in [0.2, 0.25) is 0 Å². The minimum atomic E-state index is 0.0675. The first-order chi connectivity index (χ1) is 7.69. The number of hydrogen-bond acceptors (Lipinski definition) is 2. The van der Waals surface area contributed by atoms with Gasteiger partial charge in [-0.15, -0.1) is 12.3 Å². The van der Waals surface area contributed by atoms with E-state index in [-0.39, 0.29) is 17.9 Å². The Hall–Kier alpha value is -1.01. The number of rotatable bonds is 4. The van der Waals surface area contributed by atoms with Crippen LogP contribution in [0.4, 0.5) is 0 Å². The van der Waals surface area contributed by atoms with E-state index in [2.05, 4.69) is 11.2 Å². The van der Waals surface area contributed by atoms with Gasteiger partial charge in [-0.25, -0.2) is 0 Å². The zero-order valence-electron chi connectivity index (χ0n) is 10.0. The van der Waals surface area contributed by atoms with E-state index in [1.54, 1.807) is 0 Å². The van der Waals surface area contributed by atoms with Gasteiger partial charge in [0.05, 0.1) is 0 Å². The normalized spacial score (nSPS) is 26.8. The first kappa shape index (κ1) is 13.1. The van der Waals surface area contributed by atoms with Crippen molar-refractivity contribution in [2.45, 2.75) is 45.1 Å². The van der Waals surface area contributed by atoms with Gasteiger partial charge in [0.2, 0.25) is 5.91 Å². The lowest BCUT2D eigenvalue weighted by molar-refractivity contribution is -0.128. The molecule has 3 unspecified atom stereocenters. The average Bonchev–Trinajstić information content (AvgIpc) is 2.29. The van der Waals surface area contributed by atoms with Gasteiger partial charge >= 0.3 is 0 Å². The number of amides is 1. The van der Waals surface area contributed by atoms with Crippen LogP contribution in [-0.4, -0.2) is 18.5 Å². The van der Waals surface area contributed by atoms with Gasteiger partial charge in [-0.05, 0) is 32.2 Å². The Labute approximate surface area is 98.2 Å². The third-order valence-corrected chi connectivity index (χ3v) is 3.36. The van der Waals surface area contributed by atoms with Crippen LogP contribution in [0.5, 0.6) is 0 Å². The molecule has 0 saturated heterocycles. The number of nitrogens with one attached hydrogen (secondary N) is 1. The van der Waals surface area contributed by atoms with E-state index in [1.165, 1.54) is 6.42 Å². The van der Waals surface area contributed by atoms with Crippen LogP contribution in [0.15, 0.2) is 0 Å². The first-order valence-electron chi connectivity index (χ1n) is 6.13. The molecule has 3 heteroatoms. The molecule has 0 bridgehead atoms. The predicted molar refractivity (Wildman–Crippen MR) is 65.6 cm³/mol. The van der Waals surface area contributed by atoms with Crippen LogP contribution in [0.25, 0.3) is 0 Å². The summed E-state index contributed by atoms with van der Waals surface area (Å²) in [6.45, 7) is 2.56. The van der Waals surface area contributed by atoms with Gasteiger partial charge in [0.15, 0.2) is 0 Å². The van der Waals surface area contributed by atoms with Crippen LogP contribution in [0, 0.1) is 24.2 Å². The summed E-state index contributed by atoms with van der Waals surface area (Å²) in [6, 6.07) is 0.0675. The highest BCUT2D eigenvalue weighted by molar-refractivity contribution is 5.79. The maximum absolute atomic E-state index is 12.0.